The van der Waals surface area contributed by atoms with Gasteiger partial charge in [0, 0.05) is 17.8 Å². The van der Waals surface area contributed by atoms with E-state index < -0.39 is 0 Å². The summed E-state index contributed by atoms with van der Waals surface area (Å²) in [6.07, 6.45) is 0.809. The second-order valence-corrected chi connectivity index (χ2v) is 5.84. The fourth-order valence-electron chi connectivity index (χ4n) is 1.85. The van der Waals surface area contributed by atoms with E-state index in [1.165, 1.54) is 4.88 Å². The number of hydrogen-bond acceptors (Lipinski definition) is 5. The zero-order chi connectivity index (χ0) is 12.4. The molecule has 0 saturated heterocycles. The van der Waals surface area contributed by atoms with Crippen LogP contribution in [0.2, 0.25) is 0 Å². The summed E-state index contributed by atoms with van der Waals surface area (Å²) in [5, 5.41) is 8.59. The Hall–Kier alpha value is -1.46. The smallest absolute Gasteiger partial charge is 0.138 e. The molecule has 0 radical (unpaired) electrons. The van der Waals surface area contributed by atoms with Crippen LogP contribution in [-0.2, 0) is 6.42 Å². The largest absolute Gasteiger partial charge is 0.370 e. The number of thiophene rings is 2. The van der Waals surface area contributed by atoms with Crippen molar-refractivity contribution in [2.45, 2.75) is 13.3 Å². The van der Waals surface area contributed by atoms with E-state index in [9.17, 15) is 0 Å². The third kappa shape index (κ3) is 2.23. The number of fused-ring (bicyclic) bond motifs is 1. The van der Waals surface area contributed by atoms with Crippen LogP contribution in [0.5, 0.6) is 0 Å². The Morgan fingerprint density at radius 3 is 2.89 bits per heavy atom. The molecule has 3 aromatic rings. The van der Waals surface area contributed by atoms with E-state index in [1.54, 1.807) is 22.7 Å². The lowest BCUT2D eigenvalue weighted by Crippen LogP contribution is -2.04. The average Bonchev–Trinajstić information content (AvgIpc) is 3.00. The summed E-state index contributed by atoms with van der Waals surface area (Å²) in [5.41, 5.74) is 0. The average molecular weight is 275 g/mol. The summed E-state index contributed by atoms with van der Waals surface area (Å²) in [6.45, 7) is 2.96. The molecule has 0 bridgehead atoms. The predicted molar refractivity (Wildman–Crippen MR) is 78.7 cm³/mol. The van der Waals surface area contributed by atoms with Crippen molar-refractivity contribution in [2.24, 2.45) is 0 Å². The molecule has 0 amide bonds. The molecule has 0 spiro atoms. The Bertz CT molecular complexity index is 643. The van der Waals surface area contributed by atoms with Crippen LogP contribution < -0.4 is 5.32 Å². The number of rotatable bonds is 4. The molecule has 3 rings (SSSR count). The lowest BCUT2D eigenvalue weighted by atomic mass is 10.3. The second-order valence-electron chi connectivity index (χ2n) is 3.91. The van der Waals surface area contributed by atoms with E-state index in [0.717, 1.165) is 34.8 Å². The monoisotopic (exact) mass is 275 g/mol. The first kappa shape index (κ1) is 11.6. The van der Waals surface area contributed by atoms with Gasteiger partial charge in [0.05, 0.1) is 5.39 Å². The summed E-state index contributed by atoms with van der Waals surface area (Å²) in [4.78, 5) is 11.6. The first-order chi connectivity index (χ1) is 8.86. The highest BCUT2D eigenvalue weighted by atomic mass is 32.1. The maximum absolute atomic E-state index is 4.63. The Kier molecular flexibility index (Phi) is 3.25. The summed E-state index contributed by atoms with van der Waals surface area (Å²) in [6, 6.07) is 6.27. The highest BCUT2D eigenvalue weighted by Crippen LogP contribution is 2.26. The number of hydrogen-bond donors (Lipinski definition) is 1. The Morgan fingerprint density at radius 2 is 2.11 bits per heavy atom. The molecule has 0 fully saturated rings. The van der Waals surface area contributed by atoms with E-state index in [2.05, 4.69) is 51.2 Å². The van der Waals surface area contributed by atoms with Gasteiger partial charge >= 0.3 is 0 Å². The molecule has 0 unspecified atom stereocenters. The molecule has 92 valence electrons. The molecule has 1 N–H and O–H groups in total. The Balaban J connectivity index is 2.01. The van der Waals surface area contributed by atoms with E-state index in [0.29, 0.717) is 0 Å². The third-order valence-corrected chi connectivity index (χ3v) is 4.31. The highest BCUT2D eigenvalue weighted by molar-refractivity contribution is 7.16. The molecule has 0 aliphatic rings. The zero-order valence-corrected chi connectivity index (χ0v) is 11.6. The van der Waals surface area contributed by atoms with Crippen LogP contribution in [0.1, 0.15) is 17.6 Å². The molecule has 5 heteroatoms. The van der Waals surface area contributed by atoms with Gasteiger partial charge in [-0.3, -0.25) is 0 Å². The maximum Gasteiger partial charge on any atom is 0.138 e. The lowest BCUT2D eigenvalue weighted by Gasteiger charge is -2.06. The van der Waals surface area contributed by atoms with Gasteiger partial charge in [-0.25, -0.2) is 9.97 Å². The zero-order valence-electron chi connectivity index (χ0n) is 10.0. The predicted octanol–water partition coefficient (Wildman–Crippen LogP) is 3.78. The number of anilines is 1. The van der Waals surface area contributed by atoms with Crippen LogP contribution in [0.25, 0.3) is 10.2 Å². The second kappa shape index (κ2) is 5.04. The number of nitrogens with one attached hydrogen (secondary N) is 1. The first-order valence-corrected chi connectivity index (χ1v) is 7.63. The minimum absolute atomic E-state index is 0.809. The highest BCUT2D eigenvalue weighted by Gasteiger charge is 2.09. The van der Waals surface area contributed by atoms with Crippen LogP contribution in [0, 0.1) is 0 Å². The van der Waals surface area contributed by atoms with Gasteiger partial charge in [-0.2, -0.15) is 0 Å². The van der Waals surface area contributed by atoms with Crippen LogP contribution in [0.15, 0.2) is 29.0 Å². The Labute approximate surface area is 114 Å². The maximum atomic E-state index is 4.63. The normalized spacial score (nSPS) is 10.9. The van der Waals surface area contributed by atoms with E-state index in [1.807, 2.05) is 0 Å². The van der Waals surface area contributed by atoms with Crippen molar-refractivity contribution in [3.63, 3.8) is 0 Å². The first-order valence-electron chi connectivity index (χ1n) is 5.87. The van der Waals surface area contributed by atoms with Crippen molar-refractivity contribution in [1.29, 1.82) is 0 Å². The van der Waals surface area contributed by atoms with Gasteiger partial charge in [-0.05, 0) is 29.8 Å². The molecule has 3 nitrogen and oxygen atoms in total. The minimum Gasteiger partial charge on any atom is -0.370 e. The van der Waals surface area contributed by atoms with Gasteiger partial charge in [-0.1, -0.05) is 6.07 Å². The minimum atomic E-state index is 0.809. The standard InChI is InChI=1S/C13H13N3S2/c1-2-14-12-10-5-7-18-13(10)16-11(15-12)8-9-4-3-6-17-9/h3-7H,2,8H2,1H3,(H,14,15,16). The fourth-order valence-corrected chi connectivity index (χ4v) is 3.33. The topological polar surface area (TPSA) is 37.8 Å². The van der Waals surface area contributed by atoms with Crippen molar-refractivity contribution in [2.75, 3.05) is 11.9 Å². The summed E-state index contributed by atoms with van der Waals surface area (Å²) >= 11 is 3.41. The van der Waals surface area contributed by atoms with E-state index >= 15 is 0 Å². The molecular formula is C13H13N3S2. The summed E-state index contributed by atoms with van der Waals surface area (Å²) in [5.74, 6) is 1.85. The van der Waals surface area contributed by atoms with Gasteiger partial charge in [-0.15, -0.1) is 22.7 Å². The molecule has 3 aromatic heterocycles. The SMILES string of the molecule is CCNc1nc(Cc2cccs2)nc2sccc12. The Morgan fingerprint density at radius 1 is 1.17 bits per heavy atom. The van der Waals surface area contributed by atoms with Crippen LogP contribution in [-0.4, -0.2) is 16.5 Å². The lowest BCUT2D eigenvalue weighted by molar-refractivity contribution is 1.00. The summed E-state index contributed by atoms with van der Waals surface area (Å²) in [7, 11) is 0. The van der Waals surface area contributed by atoms with E-state index in [-0.39, 0.29) is 0 Å². The molecular weight excluding hydrogens is 262 g/mol. The van der Waals surface area contributed by atoms with Crippen LogP contribution in [0.4, 0.5) is 5.82 Å². The molecule has 3 heterocycles. The third-order valence-electron chi connectivity index (χ3n) is 2.63. The van der Waals surface area contributed by atoms with E-state index in [4.69, 9.17) is 0 Å². The molecule has 0 atom stereocenters. The number of aromatic nitrogens is 2. The summed E-state index contributed by atoms with van der Waals surface area (Å²) < 4.78 is 0. The van der Waals surface area contributed by atoms with Gasteiger partial charge in [0.15, 0.2) is 0 Å². The molecule has 0 aliphatic heterocycles. The van der Waals surface area contributed by atoms with Crippen molar-refractivity contribution in [1.82, 2.24) is 9.97 Å². The fraction of sp³-hybridized carbons (Fsp3) is 0.231. The van der Waals surface area contributed by atoms with Gasteiger partial charge < -0.3 is 5.32 Å². The molecule has 0 aliphatic carbocycles. The van der Waals surface area contributed by atoms with Crippen molar-refractivity contribution >= 4 is 38.7 Å². The number of nitrogens with zero attached hydrogens (tertiary/aromatic N) is 2. The van der Waals surface area contributed by atoms with Crippen LogP contribution in [0.3, 0.4) is 0 Å². The van der Waals surface area contributed by atoms with Gasteiger partial charge in [0.25, 0.3) is 0 Å². The molecule has 18 heavy (non-hydrogen) atoms. The van der Waals surface area contributed by atoms with Gasteiger partial charge in [0.1, 0.15) is 16.5 Å². The van der Waals surface area contributed by atoms with Crippen molar-refractivity contribution in [3.05, 3.63) is 39.7 Å². The van der Waals surface area contributed by atoms with Crippen molar-refractivity contribution < 1.29 is 0 Å². The van der Waals surface area contributed by atoms with Crippen molar-refractivity contribution in [3.8, 4) is 0 Å². The molecule has 0 saturated carbocycles. The van der Waals surface area contributed by atoms with Crippen LogP contribution >= 0.6 is 22.7 Å². The molecule has 0 aromatic carbocycles. The van der Waals surface area contributed by atoms with Gasteiger partial charge in [0.2, 0.25) is 0 Å². The quantitative estimate of drug-likeness (QED) is 0.787.